The van der Waals surface area contributed by atoms with Crippen LogP contribution in [0.15, 0.2) is 22.8 Å². The predicted octanol–water partition coefficient (Wildman–Crippen LogP) is 2.45. The van der Waals surface area contributed by atoms with Crippen molar-refractivity contribution in [3.05, 3.63) is 28.5 Å². The molecule has 2 fully saturated rings. The van der Waals surface area contributed by atoms with Gasteiger partial charge in [0.25, 0.3) is 5.91 Å². The van der Waals surface area contributed by atoms with Crippen molar-refractivity contribution in [2.75, 3.05) is 19.6 Å². The number of rotatable bonds is 4. The van der Waals surface area contributed by atoms with Gasteiger partial charge in [-0.1, -0.05) is 0 Å². The molecule has 0 bridgehead atoms. The lowest BCUT2D eigenvalue weighted by Gasteiger charge is -2.32. The summed E-state index contributed by atoms with van der Waals surface area (Å²) in [6.45, 7) is 2.82. The van der Waals surface area contributed by atoms with Crippen LogP contribution in [0.1, 0.15) is 36.2 Å². The minimum atomic E-state index is 0.0538. The summed E-state index contributed by atoms with van der Waals surface area (Å²) >= 11 is 3.34. The number of carbonyl (C=O) groups is 1. The zero-order valence-corrected chi connectivity index (χ0v) is 13.1. The van der Waals surface area contributed by atoms with Gasteiger partial charge in [0, 0.05) is 29.8 Å². The maximum absolute atomic E-state index is 12.3. The predicted molar refractivity (Wildman–Crippen MR) is 81.6 cm³/mol. The first-order valence-electron chi connectivity index (χ1n) is 7.36. The number of pyridine rings is 1. The monoisotopic (exact) mass is 337 g/mol. The van der Waals surface area contributed by atoms with Crippen molar-refractivity contribution in [2.24, 2.45) is 5.92 Å². The van der Waals surface area contributed by atoms with Crippen LogP contribution in [0.25, 0.3) is 0 Å². The first kappa shape index (κ1) is 14.0. The Morgan fingerprint density at radius 3 is 2.65 bits per heavy atom. The second-order valence-electron chi connectivity index (χ2n) is 5.78. The van der Waals surface area contributed by atoms with Crippen LogP contribution in [0.5, 0.6) is 0 Å². The van der Waals surface area contributed by atoms with E-state index in [4.69, 9.17) is 0 Å². The fraction of sp³-hybridized carbons (Fsp3) is 0.600. The Morgan fingerprint density at radius 2 is 2.05 bits per heavy atom. The first-order valence-corrected chi connectivity index (χ1v) is 8.16. The van der Waals surface area contributed by atoms with Gasteiger partial charge in [0.15, 0.2) is 0 Å². The van der Waals surface area contributed by atoms with E-state index in [1.165, 1.54) is 12.8 Å². The number of likely N-dealkylation sites (tertiary alicyclic amines) is 1. The number of hydrogen-bond donors (Lipinski definition) is 1. The van der Waals surface area contributed by atoms with Crippen molar-refractivity contribution in [3.8, 4) is 0 Å². The SMILES string of the molecule is O=C(c1ccc(Br)cn1)N1CCC(NCC2CC2)CC1. The minimum absolute atomic E-state index is 0.0538. The molecule has 108 valence electrons. The third-order valence-electron chi connectivity index (χ3n) is 4.12. The summed E-state index contributed by atoms with van der Waals surface area (Å²) in [6.07, 6.45) is 6.56. The van der Waals surface area contributed by atoms with E-state index in [1.54, 1.807) is 12.3 Å². The van der Waals surface area contributed by atoms with E-state index < -0.39 is 0 Å². The lowest BCUT2D eigenvalue weighted by atomic mass is 10.0. The molecule has 1 aromatic rings. The van der Waals surface area contributed by atoms with Gasteiger partial charge < -0.3 is 10.2 Å². The molecular formula is C15H20BrN3O. The Bertz CT molecular complexity index is 465. The quantitative estimate of drug-likeness (QED) is 0.917. The number of carbonyl (C=O) groups excluding carboxylic acids is 1. The molecule has 3 rings (SSSR count). The highest BCUT2D eigenvalue weighted by Crippen LogP contribution is 2.28. The Kier molecular flexibility index (Phi) is 4.36. The van der Waals surface area contributed by atoms with E-state index in [9.17, 15) is 4.79 Å². The Labute approximate surface area is 128 Å². The van der Waals surface area contributed by atoms with Crippen LogP contribution in [-0.4, -0.2) is 41.5 Å². The zero-order chi connectivity index (χ0) is 13.9. The van der Waals surface area contributed by atoms with E-state index in [-0.39, 0.29) is 5.91 Å². The maximum Gasteiger partial charge on any atom is 0.272 e. The fourth-order valence-electron chi connectivity index (χ4n) is 2.61. The van der Waals surface area contributed by atoms with Gasteiger partial charge in [-0.15, -0.1) is 0 Å². The van der Waals surface area contributed by atoms with E-state index in [0.717, 1.165) is 42.9 Å². The average Bonchev–Trinajstić information content (AvgIpc) is 3.30. The van der Waals surface area contributed by atoms with Crippen molar-refractivity contribution >= 4 is 21.8 Å². The van der Waals surface area contributed by atoms with Gasteiger partial charge in [-0.3, -0.25) is 4.79 Å². The van der Waals surface area contributed by atoms with Crippen LogP contribution in [-0.2, 0) is 0 Å². The molecule has 1 aliphatic carbocycles. The third kappa shape index (κ3) is 3.58. The van der Waals surface area contributed by atoms with Crippen molar-refractivity contribution in [1.29, 1.82) is 0 Å². The molecule has 0 aromatic carbocycles. The standard InChI is InChI=1S/C15H20BrN3O/c16-12-3-4-14(18-10-12)15(20)19-7-5-13(6-8-19)17-9-11-1-2-11/h3-4,10-11,13,17H,1-2,5-9H2. The van der Waals surface area contributed by atoms with Crippen LogP contribution in [0.3, 0.4) is 0 Å². The van der Waals surface area contributed by atoms with Gasteiger partial charge in [-0.25, -0.2) is 4.98 Å². The van der Waals surface area contributed by atoms with Crippen LogP contribution >= 0.6 is 15.9 Å². The highest BCUT2D eigenvalue weighted by molar-refractivity contribution is 9.10. The third-order valence-corrected chi connectivity index (χ3v) is 4.59. The average molecular weight is 338 g/mol. The molecule has 1 amide bonds. The Morgan fingerprint density at radius 1 is 1.30 bits per heavy atom. The number of piperidine rings is 1. The highest BCUT2D eigenvalue weighted by Gasteiger charge is 2.26. The molecule has 1 saturated heterocycles. The molecule has 1 saturated carbocycles. The number of nitrogens with one attached hydrogen (secondary N) is 1. The Balaban J connectivity index is 1.49. The molecule has 0 spiro atoms. The summed E-state index contributed by atoms with van der Waals surface area (Å²) in [6, 6.07) is 4.23. The molecule has 20 heavy (non-hydrogen) atoms. The van der Waals surface area contributed by atoms with E-state index in [2.05, 4.69) is 26.2 Å². The molecule has 4 nitrogen and oxygen atoms in total. The summed E-state index contributed by atoms with van der Waals surface area (Å²) in [5.74, 6) is 0.972. The summed E-state index contributed by atoms with van der Waals surface area (Å²) < 4.78 is 0.900. The molecular weight excluding hydrogens is 318 g/mol. The first-order chi connectivity index (χ1) is 9.72. The van der Waals surface area contributed by atoms with Gasteiger partial charge in [-0.05, 0) is 66.2 Å². The van der Waals surface area contributed by atoms with Gasteiger partial charge in [0.05, 0.1) is 0 Å². The largest absolute Gasteiger partial charge is 0.337 e. The number of hydrogen-bond acceptors (Lipinski definition) is 3. The van der Waals surface area contributed by atoms with E-state index in [0.29, 0.717) is 11.7 Å². The molecule has 0 unspecified atom stereocenters. The lowest BCUT2D eigenvalue weighted by Crippen LogP contribution is -2.45. The number of nitrogens with zero attached hydrogens (tertiary/aromatic N) is 2. The smallest absolute Gasteiger partial charge is 0.272 e. The van der Waals surface area contributed by atoms with Gasteiger partial charge in [0.2, 0.25) is 0 Å². The van der Waals surface area contributed by atoms with Crippen LogP contribution in [0.4, 0.5) is 0 Å². The molecule has 1 N–H and O–H groups in total. The highest BCUT2D eigenvalue weighted by atomic mass is 79.9. The number of amides is 1. The number of aromatic nitrogens is 1. The number of halogens is 1. The van der Waals surface area contributed by atoms with Crippen molar-refractivity contribution < 1.29 is 4.79 Å². The van der Waals surface area contributed by atoms with Crippen LogP contribution in [0, 0.1) is 5.92 Å². The summed E-state index contributed by atoms with van der Waals surface area (Å²) in [5.41, 5.74) is 0.539. The molecule has 1 aliphatic heterocycles. The fourth-order valence-corrected chi connectivity index (χ4v) is 2.84. The van der Waals surface area contributed by atoms with Crippen molar-refractivity contribution in [3.63, 3.8) is 0 Å². The second kappa shape index (κ2) is 6.22. The van der Waals surface area contributed by atoms with Gasteiger partial charge >= 0.3 is 0 Å². The van der Waals surface area contributed by atoms with Gasteiger partial charge in [0.1, 0.15) is 5.69 Å². The molecule has 1 aromatic heterocycles. The molecule has 2 heterocycles. The van der Waals surface area contributed by atoms with Crippen LogP contribution < -0.4 is 5.32 Å². The van der Waals surface area contributed by atoms with Crippen LogP contribution in [0.2, 0.25) is 0 Å². The normalized spacial score (nSPS) is 20.1. The molecule has 2 aliphatic rings. The van der Waals surface area contributed by atoms with E-state index >= 15 is 0 Å². The second-order valence-corrected chi connectivity index (χ2v) is 6.70. The Hall–Kier alpha value is -0.940. The van der Waals surface area contributed by atoms with Crippen molar-refractivity contribution in [2.45, 2.75) is 31.7 Å². The van der Waals surface area contributed by atoms with E-state index in [1.807, 2.05) is 11.0 Å². The zero-order valence-electron chi connectivity index (χ0n) is 11.5. The maximum atomic E-state index is 12.3. The molecule has 0 radical (unpaired) electrons. The summed E-state index contributed by atoms with van der Waals surface area (Å²) in [4.78, 5) is 18.4. The molecule has 5 heteroatoms. The molecule has 0 atom stereocenters. The summed E-state index contributed by atoms with van der Waals surface area (Å²) in [5, 5.41) is 3.63. The topological polar surface area (TPSA) is 45.2 Å². The minimum Gasteiger partial charge on any atom is -0.337 e. The summed E-state index contributed by atoms with van der Waals surface area (Å²) in [7, 11) is 0. The van der Waals surface area contributed by atoms with Crippen molar-refractivity contribution in [1.82, 2.24) is 15.2 Å². The van der Waals surface area contributed by atoms with Gasteiger partial charge in [-0.2, -0.15) is 0 Å². The lowest BCUT2D eigenvalue weighted by molar-refractivity contribution is 0.0699.